The molecule has 2 aliphatic rings. The van der Waals surface area contributed by atoms with E-state index in [4.69, 9.17) is 5.84 Å². The van der Waals surface area contributed by atoms with Crippen LogP contribution in [0, 0.1) is 0 Å². The Labute approximate surface area is 126 Å². The molecular formula is C17H26N2S. The van der Waals surface area contributed by atoms with E-state index in [0.29, 0.717) is 6.04 Å². The van der Waals surface area contributed by atoms with Gasteiger partial charge in [0.25, 0.3) is 0 Å². The summed E-state index contributed by atoms with van der Waals surface area (Å²) < 4.78 is 0. The van der Waals surface area contributed by atoms with E-state index in [1.165, 1.54) is 56.3 Å². The number of fused-ring (bicyclic) bond motifs is 1. The van der Waals surface area contributed by atoms with Gasteiger partial charge in [0.2, 0.25) is 0 Å². The highest BCUT2D eigenvalue weighted by Crippen LogP contribution is 2.38. The summed E-state index contributed by atoms with van der Waals surface area (Å²) in [5, 5.41) is 0.883. The molecule has 1 fully saturated rings. The number of hydrogen-bond acceptors (Lipinski definition) is 3. The van der Waals surface area contributed by atoms with Crippen LogP contribution >= 0.6 is 11.8 Å². The van der Waals surface area contributed by atoms with Crippen LogP contribution in [0.2, 0.25) is 0 Å². The largest absolute Gasteiger partial charge is 0.271 e. The Kier molecular flexibility index (Phi) is 5.03. The highest BCUT2D eigenvalue weighted by atomic mass is 32.2. The van der Waals surface area contributed by atoms with E-state index in [1.807, 2.05) is 0 Å². The van der Waals surface area contributed by atoms with Crippen LogP contribution < -0.4 is 11.3 Å². The van der Waals surface area contributed by atoms with Gasteiger partial charge in [-0.05, 0) is 42.7 Å². The number of thioether (sulfide) groups is 1. The van der Waals surface area contributed by atoms with Crippen molar-refractivity contribution in [2.24, 2.45) is 5.84 Å². The third-order valence-electron chi connectivity index (χ3n) is 4.85. The maximum Gasteiger partial charge on any atom is 0.0307 e. The second kappa shape index (κ2) is 6.97. The third-order valence-corrected chi connectivity index (χ3v) is 6.39. The molecule has 3 heteroatoms. The predicted molar refractivity (Wildman–Crippen MR) is 87.9 cm³/mol. The quantitative estimate of drug-likeness (QED) is 0.621. The highest BCUT2D eigenvalue weighted by Gasteiger charge is 2.28. The van der Waals surface area contributed by atoms with Crippen LogP contribution in [0.5, 0.6) is 0 Å². The monoisotopic (exact) mass is 290 g/mol. The summed E-state index contributed by atoms with van der Waals surface area (Å²) in [5.74, 6) is 7.66. The molecule has 0 radical (unpaired) electrons. The first-order chi connectivity index (χ1) is 9.86. The number of nitrogens with one attached hydrogen (secondary N) is 1. The Morgan fingerprint density at radius 3 is 2.75 bits per heavy atom. The van der Waals surface area contributed by atoms with Crippen LogP contribution in [0.25, 0.3) is 0 Å². The minimum Gasteiger partial charge on any atom is -0.271 e. The average Bonchev–Trinajstić information content (AvgIpc) is 2.49. The van der Waals surface area contributed by atoms with Crippen molar-refractivity contribution < 1.29 is 0 Å². The second-order valence-corrected chi connectivity index (χ2v) is 7.63. The minimum absolute atomic E-state index is 0.459. The number of nitrogens with two attached hydrogens (primary N) is 1. The standard InChI is InChI=1S/C17H26N2S/c18-19-15(12-20-16-7-2-1-3-8-16)11-14-10-13-6-4-5-9-17(13)14/h4-6,9,14-16,19H,1-3,7-8,10-12,18H2. The van der Waals surface area contributed by atoms with Crippen LogP contribution in [0.1, 0.15) is 55.6 Å². The molecule has 1 saturated carbocycles. The van der Waals surface area contributed by atoms with E-state index < -0.39 is 0 Å². The van der Waals surface area contributed by atoms with Crippen molar-refractivity contribution in [2.75, 3.05) is 5.75 Å². The van der Waals surface area contributed by atoms with Gasteiger partial charge in [-0.15, -0.1) is 0 Å². The topological polar surface area (TPSA) is 38.0 Å². The van der Waals surface area contributed by atoms with E-state index in [-0.39, 0.29) is 0 Å². The number of rotatable bonds is 6. The number of benzene rings is 1. The molecule has 0 spiro atoms. The molecule has 110 valence electrons. The fourth-order valence-corrected chi connectivity index (χ4v) is 4.99. The van der Waals surface area contributed by atoms with E-state index in [0.717, 1.165) is 11.2 Å². The van der Waals surface area contributed by atoms with Crippen molar-refractivity contribution >= 4 is 11.8 Å². The first kappa shape index (κ1) is 14.4. The van der Waals surface area contributed by atoms with Gasteiger partial charge < -0.3 is 0 Å². The van der Waals surface area contributed by atoms with Crippen LogP contribution in [-0.4, -0.2) is 17.0 Å². The van der Waals surface area contributed by atoms with Crippen molar-refractivity contribution in [3.63, 3.8) is 0 Å². The molecule has 3 rings (SSSR count). The zero-order chi connectivity index (χ0) is 13.8. The van der Waals surface area contributed by atoms with Gasteiger partial charge in [0.15, 0.2) is 0 Å². The van der Waals surface area contributed by atoms with Crippen molar-refractivity contribution in [3.05, 3.63) is 35.4 Å². The summed E-state index contributed by atoms with van der Waals surface area (Å²) in [5.41, 5.74) is 6.14. The normalized spacial score (nSPS) is 23.9. The van der Waals surface area contributed by atoms with Gasteiger partial charge in [-0.1, -0.05) is 43.5 Å². The summed E-state index contributed by atoms with van der Waals surface area (Å²) >= 11 is 2.15. The molecule has 3 N–H and O–H groups in total. The van der Waals surface area contributed by atoms with Gasteiger partial charge >= 0.3 is 0 Å². The molecule has 0 aliphatic heterocycles. The van der Waals surface area contributed by atoms with E-state index >= 15 is 0 Å². The fraction of sp³-hybridized carbons (Fsp3) is 0.647. The van der Waals surface area contributed by atoms with Crippen molar-refractivity contribution in [1.29, 1.82) is 0 Å². The zero-order valence-electron chi connectivity index (χ0n) is 12.2. The van der Waals surface area contributed by atoms with Crippen LogP contribution in [-0.2, 0) is 6.42 Å². The van der Waals surface area contributed by atoms with Gasteiger partial charge in [0, 0.05) is 17.0 Å². The van der Waals surface area contributed by atoms with E-state index in [1.54, 1.807) is 5.56 Å². The van der Waals surface area contributed by atoms with Crippen molar-refractivity contribution in [2.45, 2.75) is 62.2 Å². The molecule has 1 aromatic rings. The fourth-order valence-electron chi connectivity index (χ4n) is 3.58. The van der Waals surface area contributed by atoms with Gasteiger partial charge in [0.1, 0.15) is 0 Å². The Morgan fingerprint density at radius 2 is 2.00 bits per heavy atom. The SMILES string of the molecule is NNC(CSC1CCCCC1)CC1Cc2ccccc21. The van der Waals surface area contributed by atoms with E-state index in [9.17, 15) is 0 Å². The van der Waals surface area contributed by atoms with Crippen LogP contribution in [0.3, 0.4) is 0 Å². The summed E-state index contributed by atoms with van der Waals surface area (Å²) in [4.78, 5) is 0. The Bertz CT molecular complexity index is 429. The molecule has 0 aromatic heterocycles. The smallest absolute Gasteiger partial charge is 0.0307 e. The number of hydrogen-bond donors (Lipinski definition) is 2. The molecule has 2 atom stereocenters. The molecule has 0 heterocycles. The summed E-state index contributed by atoms with van der Waals surface area (Å²) in [6.07, 6.45) is 9.54. The zero-order valence-corrected chi connectivity index (χ0v) is 13.0. The Balaban J connectivity index is 1.46. The second-order valence-electron chi connectivity index (χ2n) is 6.29. The lowest BCUT2D eigenvalue weighted by atomic mass is 9.75. The molecule has 1 aromatic carbocycles. The maximum atomic E-state index is 5.77. The van der Waals surface area contributed by atoms with Gasteiger partial charge in [-0.2, -0.15) is 11.8 Å². The molecule has 2 unspecified atom stereocenters. The first-order valence-electron chi connectivity index (χ1n) is 8.02. The Hall–Kier alpha value is -0.510. The molecular weight excluding hydrogens is 264 g/mol. The molecule has 0 saturated heterocycles. The van der Waals surface area contributed by atoms with Gasteiger partial charge in [-0.25, -0.2) is 0 Å². The molecule has 0 amide bonds. The predicted octanol–water partition coefficient (Wildman–Crippen LogP) is 3.61. The van der Waals surface area contributed by atoms with Crippen molar-refractivity contribution in [1.82, 2.24) is 5.43 Å². The summed E-state index contributed by atoms with van der Waals surface area (Å²) in [6.45, 7) is 0. The number of hydrazine groups is 1. The Morgan fingerprint density at radius 1 is 1.20 bits per heavy atom. The van der Waals surface area contributed by atoms with E-state index in [2.05, 4.69) is 41.5 Å². The lowest BCUT2D eigenvalue weighted by Crippen LogP contribution is -2.40. The highest BCUT2D eigenvalue weighted by molar-refractivity contribution is 7.99. The molecule has 20 heavy (non-hydrogen) atoms. The molecule has 2 aliphatic carbocycles. The van der Waals surface area contributed by atoms with Crippen LogP contribution in [0.15, 0.2) is 24.3 Å². The summed E-state index contributed by atoms with van der Waals surface area (Å²) in [7, 11) is 0. The minimum atomic E-state index is 0.459. The lowest BCUT2D eigenvalue weighted by molar-refractivity contribution is 0.450. The lowest BCUT2D eigenvalue weighted by Gasteiger charge is -2.33. The summed E-state index contributed by atoms with van der Waals surface area (Å²) in [6, 6.07) is 9.30. The maximum absolute atomic E-state index is 5.77. The van der Waals surface area contributed by atoms with Crippen LogP contribution in [0.4, 0.5) is 0 Å². The molecule has 2 nitrogen and oxygen atoms in total. The first-order valence-corrected chi connectivity index (χ1v) is 9.07. The molecule has 0 bridgehead atoms. The van der Waals surface area contributed by atoms with Crippen molar-refractivity contribution in [3.8, 4) is 0 Å². The van der Waals surface area contributed by atoms with Gasteiger partial charge in [-0.3, -0.25) is 11.3 Å². The average molecular weight is 290 g/mol. The third kappa shape index (κ3) is 3.38. The van der Waals surface area contributed by atoms with Gasteiger partial charge in [0.05, 0.1) is 0 Å².